The van der Waals surface area contributed by atoms with Gasteiger partial charge in [0.1, 0.15) is 5.75 Å². The summed E-state index contributed by atoms with van der Waals surface area (Å²) in [5.74, 6) is 1.23. The second kappa shape index (κ2) is 10.8. The van der Waals surface area contributed by atoms with Crippen molar-refractivity contribution in [2.75, 3.05) is 31.3 Å². The van der Waals surface area contributed by atoms with Gasteiger partial charge in [0.05, 0.1) is 12.9 Å². The molecule has 2 aromatic carbocycles. The van der Waals surface area contributed by atoms with Crippen LogP contribution < -0.4 is 10.1 Å². The molecular weight excluding hydrogens is 400 g/mol. The molecule has 1 N–H and O–H groups in total. The molecule has 1 heterocycles. The minimum absolute atomic E-state index is 0.121. The summed E-state index contributed by atoms with van der Waals surface area (Å²) in [6.07, 6.45) is 0. The highest BCUT2D eigenvalue weighted by molar-refractivity contribution is 7.99. The van der Waals surface area contributed by atoms with Gasteiger partial charge in [0.15, 0.2) is 0 Å². The van der Waals surface area contributed by atoms with E-state index in [0.717, 1.165) is 36.6 Å². The normalized spacial score (nSPS) is 10.9. The molecule has 0 spiro atoms. The van der Waals surface area contributed by atoms with Gasteiger partial charge in [0.2, 0.25) is 11.8 Å². The third-order valence-corrected chi connectivity index (χ3v) is 5.40. The number of benzene rings is 2. The molecule has 158 valence electrons. The van der Waals surface area contributed by atoms with Crippen LogP contribution in [-0.4, -0.2) is 47.0 Å². The number of carbonyl (C=O) groups is 1. The first-order valence-electron chi connectivity index (χ1n) is 9.83. The lowest BCUT2D eigenvalue weighted by Crippen LogP contribution is -2.22. The Labute approximate surface area is 180 Å². The van der Waals surface area contributed by atoms with Crippen molar-refractivity contribution in [1.82, 2.24) is 15.1 Å². The van der Waals surface area contributed by atoms with E-state index in [1.807, 2.05) is 42.5 Å². The van der Waals surface area contributed by atoms with Crippen molar-refractivity contribution in [3.63, 3.8) is 0 Å². The third kappa shape index (κ3) is 6.08. The Morgan fingerprint density at radius 3 is 2.60 bits per heavy atom. The van der Waals surface area contributed by atoms with Crippen LogP contribution in [0.4, 0.5) is 5.69 Å². The number of aromatic nitrogens is 2. The number of methoxy groups -OCH3 is 1. The first kappa shape index (κ1) is 21.9. The number of carbonyl (C=O) groups excluding carboxylic acids is 1. The van der Waals surface area contributed by atoms with Gasteiger partial charge in [-0.3, -0.25) is 9.69 Å². The Bertz CT molecular complexity index is 955. The predicted octanol–water partition coefficient (Wildman–Crippen LogP) is 4.32. The van der Waals surface area contributed by atoms with Crippen LogP contribution in [0.1, 0.15) is 19.4 Å². The van der Waals surface area contributed by atoms with E-state index in [0.29, 0.717) is 11.1 Å². The molecule has 7 nitrogen and oxygen atoms in total. The minimum atomic E-state index is -0.121. The Hall–Kier alpha value is -2.84. The number of hydrogen-bond donors (Lipinski definition) is 1. The lowest BCUT2D eigenvalue weighted by atomic mass is 10.2. The lowest BCUT2D eigenvalue weighted by Gasteiger charge is -2.18. The van der Waals surface area contributed by atoms with Crippen molar-refractivity contribution in [2.24, 2.45) is 0 Å². The highest BCUT2D eigenvalue weighted by atomic mass is 32.2. The fraction of sp³-hybridized carbons (Fsp3) is 0.318. The molecule has 0 bridgehead atoms. The third-order valence-electron chi connectivity index (χ3n) is 4.58. The molecule has 8 heteroatoms. The summed E-state index contributed by atoms with van der Waals surface area (Å²) in [5, 5.41) is 11.3. The zero-order valence-corrected chi connectivity index (χ0v) is 18.2. The van der Waals surface area contributed by atoms with Crippen LogP contribution in [0.5, 0.6) is 5.75 Å². The van der Waals surface area contributed by atoms with Gasteiger partial charge in [0, 0.05) is 17.8 Å². The van der Waals surface area contributed by atoms with Gasteiger partial charge in [-0.25, -0.2) is 0 Å². The van der Waals surface area contributed by atoms with Crippen LogP contribution >= 0.6 is 11.8 Å². The maximum atomic E-state index is 12.3. The molecule has 0 unspecified atom stereocenters. The van der Waals surface area contributed by atoms with Crippen LogP contribution in [0.25, 0.3) is 11.5 Å². The summed E-state index contributed by atoms with van der Waals surface area (Å²) in [6.45, 7) is 7.13. The summed E-state index contributed by atoms with van der Waals surface area (Å²) in [4.78, 5) is 14.7. The summed E-state index contributed by atoms with van der Waals surface area (Å²) in [5.41, 5.74) is 2.75. The molecule has 0 aliphatic rings. The van der Waals surface area contributed by atoms with Crippen LogP contribution in [0, 0.1) is 0 Å². The Kier molecular flexibility index (Phi) is 7.87. The molecule has 3 rings (SSSR count). The van der Waals surface area contributed by atoms with Gasteiger partial charge in [-0.05, 0) is 55.1 Å². The van der Waals surface area contributed by atoms with E-state index in [1.54, 1.807) is 7.11 Å². The molecule has 3 aromatic rings. The first-order valence-corrected chi connectivity index (χ1v) is 10.8. The molecule has 30 heavy (non-hydrogen) atoms. The maximum absolute atomic E-state index is 12.3. The van der Waals surface area contributed by atoms with E-state index < -0.39 is 0 Å². The van der Waals surface area contributed by atoms with Gasteiger partial charge >= 0.3 is 0 Å². The molecule has 1 amide bonds. The smallest absolute Gasteiger partial charge is 0.277 e. The molecule has 0 saturated heterocycles. The topological polar surface area (TPSA) is 80.5 Å². The van der Waals surface area contributed by atoms with Crippen molar-refractivity contribution in [3.8, 4) is 17.2 Å². The molecule has 0 saturated carbocycles. The minimum Gasteiger partial charge on any atom is -0.497 e. The van der Waals surface area contributed by atoms with Gasteiger partial charge in [-0.15, -0.1) is 10.2 Å². The molecule has 0 atom stereocenters. The summed E-state index contributed by atoms with van der Waals surface area (Å²) < 4.78 is 10.8. The predicted molar refractivity (Wildman–Crippen MR) is 119 cm³/mol. The number of rotatable bonds is 10. The van der Waals surface area contributed by atoms with Gasteiger partial charge < -0.3 is 14.5 Å². The van der Waals surface area contributed by atoms with Crippen molar-refractivity contribution in [2.45, 2.75) is 25.6 Å². The van der Waals surface area contributed by atoms with Gasteiger partial charge in [-0.1, -0.05) is 37.7 Å². The first-order chi connectivity index (χ1) is 14.6. The van der Waals surface area contributed by atoms with E-state index in [4.69, 9.17) is 9.15 Å². The fourth-order valence-electron chi connectivity index (χ4n) is 2.90. The molecular formula is C22H26N4O3S. The fourth-order valence-corrected chi connectivity index (χ4v) is 3.46. The van der Waals surface area contributed by atoms with Crippen LogP contribution in [-0.2, 0) is 11.3 Å². The number of nitrogens with one attached hydrogen (secondary N) is 1. The second-order valence-electron chi connectivity index (χ2n) is 6.60. The Morgan fingerprint density at radius 1 is 1.13 bits per heavy atom. The zero-order valence-electron chi connectivity index (χ0n) is 17.4. The largest absolute Gasteiger partial charge is 0.497 e. The summed E-state index contributed by atoms with van der Waals surface area (Å²) in [7, 11) is 1.61. The van der Waals surface area contributed by atoms with Crippen molar-refractivity contribution >= 4 is 23.4 Å². The average Bonchev–Trinajstić information content (AvgIpc) is 3.25. The molecule has 0 aliphatic carbocycles. The lowest BCUT2D eigenvalue weighted by molar-refractivity contribution is -0.113. The second-order valence-corrected chi connectivity index (χ2v) is 7.53. The number of amides is 1. The molecule has 0 aliphatic heterocycles. The number of hydrogen-bond acceptors (Lipinski definition) is 7. The number of anilines is 1. The highest BCUT2D eigenvalue weighted by Gasteiger charge is 2.12. The quantitative estimate of drug-likeness (QED) is 0.484. The van der Waals surface area contributed by atoms with E-state index in [2.05, 4.69) is 40.3 Å². The summed E-state index contributed by atoms with van der Waals surface area (Å²) in [6, 6.07) is 15.3. The Morgan fingerprint density at radius 2 is 1.90 bits per heavy atom. The SMILES string of the molecule is CCN(CC)Cc1cccc(NC(=O)CSc2nnc(-c3ccc(OC)cc3)o2)c1. The van der Waals surface area contributed by atoms with Crippen LogP contribution in [0.3, 0.4) is 0 Å². The van der Waals surface area contributed by atoms with Gasteiger partial charge in [0.25, 0.3) is 5.22 Å². The number of nitrogens with zero attached hydrogens (tertiary/aromatic N) is 3. The van der Waals surface area contributed by atoms with E-state index in [9.17, 15) is 4.79 Å². The van der Waals surface area contributed by atoms with Crippen LogP contribution in [0.15, 0.2) is 58.2 Å². The van der Waals surface area contributed by atoms with Crippen LogP contribution in [0.2, 0.25) is 0 Å². The van der Waals surface area contributed by atoms with Gasteiger partial charge in [-0.2, -0.15) is 0 Å². The molecule has 0 fully saturated rings. The average molecular weight is 427 g/mol. The van der Waals surface area contributed by atoms with E-state index in [-0.39, 0.29) is 11.7 Å². The Balaban J connectivity index is 1.53. The molecule has 1 aromatic heterocycles. The summed E-state index contributed by atoms with van der Waals surface area (Å²) >= 11 is 1.21. The molecule has 0 radical (unpaired) electrons. The standard InChI is InChI=1S/C22H26N4O3S/c1-4-26(5-2)14-16-7-6-8-18(13-16)23-20(27)15-30-22-25-24-21(29-22)17-9-11-19(28-3)12-10-17/h6-13H,4-5,14-15H2,1-3H3,(H,23,27). The monoisotopic (exact) mass is 426 g/mol. The van der Waals surface area contributed by atoms with Crippen molar-refractivity contribution < 1.29 is 13.9 Å². The zero-order chi connectivity index (χ0) is 21.3. The highest BCUT2D eigenvalue weighted by Crippen LogP contribution is 2.25. The maximum Gasteiger partial charge on any atom is 0.277 e. The van der Waals surface area contributed by atoms with E-state index >= 15 is 0 Å². The van der Waals surface area contributed by atoms with Crippen molar-refractivity contribution in [1.29, 1.82) is 0 Å². The van der Waals surface area contributed by atoms with E-state index in [1.165, 1.54) is 17.3 Å². The number of ether oxygens (including phenoxy) is 1. The number of thioether (sulfide) groups is 1. The van der Waals surface area contributed by atoms with Crippen molar-refractivity contribution in [3.05, 3.63) is 54.1 Å².